The minimum Gasteiger partial charge on any atom is -0.302 e. The molecule has 0 saturated carbocycles. The van der Waals surface area contributed by atoms with Crippen molar-refractivity contribution in [2.24, 2.45) is 0 Å². The molecule has 11 heteroatoms. The van der Waals surface area contributed by atoms with Gasteiger partial charge in [-0.25, -0.2) is 18.4 Å². The Labute approximate surface area is 168 Å². The monoisotopic (exact) mass is 443 g/mol. The predicted octanol–water partition coefficient (Wildman–Crippen LogP) is 4.06. The molecule has 0 aliphatic heterocycles. The van der Waals surface area contributed by atoms with Crippen molar-refractivity contribution in [1.82, 2.24) is 9.97 Å². The maximum Gasteiger partial charge on any atom is 0.341 e. The number of amides is 1. The molecule has 6 nitrogen and oxygen atoms in total. The molecule has 0 aliphatic rings. The summed E-state index contributed by atoms with van der Waals surface area (Å²) in [6.45, 7) is 3.81. The van der Waals surface area contributed by atoms with Crippen LogP contribution in [0.2, 0.25) is 0 Å². The topological polar surface area (TPSA) is 89.0 Å². The van der Waals surface area contributed by atoms with Gasteiger partial charge in [0.2, 0.25) is 15.7 Å². The molecule has 0 fully saturated rings. The maximum atomic E-state index is 12.5. The van der Waals surface area contributed by atoms with Gasteiger partial charge in [-0.2, -0.15) is 8.78 Å². The highest BCUT2D eigenvalue weighted by Crippen LogP contribution is 2.32. The van der Waals surface area contributed by atoms with Crippen molar-refractivity contribution in [3.05, 3.63) is 45.9 Å². The Bertz CT molecular complexity index is 1110. The number of carbonyl (C=O) groups is 1. The number of hydrogen-bond acceptors (Lipinski definition) is 7. The fourth-order valence-electron chi connectivity index (χ4n) is 2.45. The number of alkyl halides is 2. The van der Waals surface area contributed by atoms with Gasteiger partial charge in [-0.1, -0.05) is 12.1 Å². The Hall–Kier alpha value is -2.24. The fraction of sp³-hybridized carbons (Fsp3) is 0.235. The Morgan fingerprint density at radius 2 is 1.86 bits per heavy atom. The smallest absolute Gasteiger partial charge is 0.302 e. The van der Waals surface area contributed by atoms with Crippen LogP contribution >= 0.6 is 22.7 Å². The molecule has 148 valence electrons. The first kappa shape index (κ1) is 20.5. The van der Waals surface area contributed by atoms with Crippen LogP contribution in [-0.4, -0.2) is 30.1 Å². The van der Waals surface area contributed by atoms with Crippen molar-refractivity contribution >= 4 is 43.5 Å². The summed E-state index contributed by atoms with van der Waals surface area (Å²) < 4.78 is 47.9. The highest BCUT2D eigenvalue weighted by molar-refractivity contribution is 7.91. The lowest BCUT2D eigenvalue weighted by atomic mass is 10.1. The summed E-state index contributed by atoms with van der Waals surface area (Å²) in [5.74, 6) is -3.82. The minimum absolute atomic E-state index is 0.0391. The van der Waals surface area contributed by atoms with E-state index in [1.807, 2.05) is 19.2 Å². The molecule has 1 aromatic carbocycles. The molecule has 3 rings (SSSR count). The average Bonchev–Trinajstić information content (AvgIpc) is 3.20. The second kappa shape index (κ2) is 8.02. The van der Waals surface area contributed by atoms with Gasteiger partial charge in [0.15, 0.2) is 5.13 Å². The molecule has 28 heavy (non-hydrogen) atoms. The quantitative estimate of drug-likeness (QED) is 0.621. The second-order valence-electron chi connectivity index (χ2n) is 5.86. The summed E-state index contributed by atoms with van der Waals surface area (Å²) in [5, 5.41) is 5.88. The minimum atomic E-state index is -4.64. The molecule has 0 saturated heterocycles. The molecule has 0 radical (unpaired) electrons. The lowest BCUT2D eigenvalue weighted by molar-refractivity contribution is -0.115. The molecule has 0 unspecified atom stereocenters. The number of halogens is 2. The number of nitrogens with one attached hydrogen (secondary N) is 1. The van der Waals surface area contributed by atoms with Crippen molar-refractivity contribution < 1.29 is 22.0 Å². The third kappa shape index (κ3) is 4.42. The van der Waals surface area contributed by atoms with E-state index < -0.39 is 20.5 Å². The summed E-state index contributed by atoms with van der Waals surface area (Å²) >= 11 is 2.81. The number of nitrogens with zero attached hydrogens (tertiary/aromatic N) is 2. The van der Waals surface area contributed by atoms with Crippen LogP contribution in [0.5, 0.6) is 0 Å². The second-order valence-corrected chi connectivity index (χ2v) is 9.84. The van der Waals surface area contributed by atoms with Crippen LogP contribution < -0.4 is 5.32 Å². The van der Waals surface area contributed by atoms with Crippen molar-refractivity contribution in [2.75, 3.05) is 5.32 Å². The third-order valence-electron chi connectivity index (χ3n) is 3.74. The first-order valence-electron chi connectivity index (χ1n) is 7.97. The zero-order valence-electron chi connectivity index (χ0n) is 14.8. The van der Waals surface area contributed by atoms with Crippen molar-refractivity contribution in [2.45, 2.75) is 30.9 Å². The number of rotatable bonds is 6. The van der Waals surface area contributed by atoms with E-state index >= 15 is 0 Å². The number of benzene rings is 1. The van der Waals surface area contributed by atoms with Crippen LogP contribution in [0.1, 0.15) is 16.3 Å². The number of hydrogen-bond donors (Lipinski definition) is 1. The van der Waals surface area contributed by atoms with Crippen molar-refractivity contribution in [3.63, 3.8) is 0 Å². The zero-order chi connectivity index (χ0) is 20.5. The van der Waals surface area contributed by atoms with Gasteiger partial charge in [-0.05, 0) is 31.5 Å². The number of sulfone groups is 1. The van der Waals surface area contributed by atoms with Crippen molar-refractivity contribution in [3.8, 4) is 10.6 Å². The highest BCUT2D eigenvalue weighted by Gasteiger charge is 2.26. The van der Waals surface area contributed by atoms with E-state index in [1.54, 1.807) is 0 Å². The van der Waals surface area contributed by atoms with E-state index in [-0.39, 0.29) is 12.3 Å². The van der Waals surface area contributed by atoms with Gasteiger partial charge in [0.1, 0.15) is 0 Å². The molecule has 2 heterocycles. The van der Waals surface area contributed by atoms with Gasteiger partial charge in [0.05, 0.1) is 32.6 Å². The molecule has 0 aliphatic carbocycles. The van der Waals surface area contributed by atoms with Gasteiger partial charge in [-0.3, -0.25) is 4.79 Å². The number of thiazole rings is 2. The average molecular weight is 444 g/mol. The number of anilines is 1. The Balaban J connectivity index is 1.66. The summed E-state index contributed by atoms with van der Waals surface area (Å²) in [4.78, 5) is 21.4. The van der Waals surface area contributed by atoms with Crippen LogP contribution in [-0.2, 0) is 21.1 Å². The molecule has 0 bridgehead atoms. The van der Waals surface area contributed by atoms with Crippen molar-refractivity contribution in [1.29, 1.82) is 0 Å². The maximum absolute atomic E-state index is 12.5. The van der Waals surface area contributed by atoms with E-state index in [2.05, 4.69) is 15.3 Å². The number of aromatic nitrogens is 2. The Kier molecular flexibility index (Phi) is 5.87. The first-order valence-corrected chi connectivity index (χ1v) is 11.2. The molecule has 3 aromatic rings. The Morgan fingerprint density at radius 3 is 2.43 bits per heavy atom. The van der Waals surface area contributed by atoms with Gasteiger partial charge >= 0.3 is 5.76 Å². The highest BCUT2D eigenvalue weighted by atomic mass is 32.2. The lowest BCUT2D eigenvalue weighted by Gasteiger charge is -2.05. The van der Waals surface area contributed by atoms with Gasteiger partial charge in [0.25, 0.3) is 0 Å². The largest absolute Gasteiger partial charge is 0.341 e. The summed E-state index contributed by atoms with van der Waals surface area (Å²) in [5.41, 5.74) is 2.12. The van der Waals surface area contributed by atoms with Crippen LogP contribution in [0.4, 0.5) is 13.9 Å². The number of carbonyl (C=O) groups excluding carboxylic acids is 1. The van der Waals surface area contributed by atoms with E-state index in [4.69, 9.17) is 0 Å². The summed E-state index contributed by atoms with van der Waals surface area (Å²) in [7, 11) is -4.64. The first-order chi connectivity index (χ1) is 13.2. The van der Waals surface area contributed by atoms with Gasteiger partial charge < -0.3 is 5.32 Å². The fourth-order valence-corrected chi connectivity index (χ4v) is 4.85. The normalized spacial score (nSPS) is 11.8. The van der Waals surface area contributed by atoms with E-state index in [9.17, 15) is 22.0 Å². The van der Waals surface area contributed by atoms with E-state index in [1.165, 1.54) is 34.8 Å². The zero-order valence-corrected chi connectivity index (χ0v) is 17.2. The molecule has 0 atom stereocenters. The summed E-state index contributed by atoms with van der Waals surface area (Å²) in [6, 6.07) is 4.82. The lowest BCUT2D eigenvalue weighted by Crippen LogP contribution is -2.15. The molecule has 0 spiro atoms. The van der Waals surface area contributed by atoms with Gasteiger partial charge in [-0.15, -0.1) is 22.7 Å². The molecule has 2 aromatic heterocycles. The molecular formula is C17H15F2N3O3S3. The van der Waals surface area contributed by atoms with E-state index in [0.717, 1.165) is 33.4 Å². The summed E-state index contributed by atoms with van der Waals surface area (Å²) in [6.07, 6.45) is -0.0391. The van der Waals surface area contributed by atoms with Gasteiger partial charge in [0, 0.05) is 5.38 Å². The Morgan fingerprint density at radius 1 is 1.18 bits per heavy atom. The molecular weight excluding hydrogens is 428 g/mol. The van der Waals surface area contributed by atoms with Crippen LogP contribution in [0.3, 0.4) is 0 Å². The predicted molar refractivity (Wildman–Crippen MR) is 105 cm³/mol. The van der Waals surface area contributed by atoms with Crippen LogP contribution in [0.15, 0.2) is 34.5 Å². The number of aryl methyl sites for hydroxylation is 2. The van der Waals surface area contributed by atoms with Crippen LogP contribution in [0.25, 0.3) is 10.6 Å². The standard InChI is InChI=1S/C17H15F2N3O3S3/c1-9-15(27-10(2)20-9)13-8-26-17(21-13)22-14(23)7-11-3-5-12(6-4-11)28(24,25)16(18)19/h3-6,8,16H,7H2,1-2H3,(H,21,22,23). The molecule has 1 N–H and O–H groups in total. The third-order valence-corrected chi connectivity index (χ3v) is 6.99. The van der Waals surface area contributed by atoms with E-state index in [0.29, 0.717) is 10.7 Å². The van der Waals surface area contributed by atoms with Crippen LogP contribution in [0, 0.1) is 13.8 Å². The molecule has 1 amide bonds. The SMILES string of the molecule is Cc1nc(C)c(-c2csc(NC(=O)Cc3ccc(S(=O)(=O)C(F)F)cc3)n2)s1.